The minimum absolute atomic E-state index is 0.202. The molecule has 1 aliphatic heterocycles. The van der Waals surface area contributed by atoms with Crippen LogP contribution in [0.25, 0.3) is 10.9 Å². The molecule has 12 heteroatoms. The van der Waals surface area contributed by atoms with Crippen LogP contribution in [0.5, 0.6) is 0 Å². The quantitative estimate of drug-likeness (QED) is 0.378. The van der Waals surface area contributed by atoms with Crippen molar-refractivity contribution < 1.29 is 22.2 Å². The maximum absolute atomic E-state index is 13.5. The van der Waals surface area contributed by atoms with Gasteiger partial charge in [-0.05, 0) is 37.5 Å². The Labute approximate surface area is 207 Å². The van der Waals surface area contributed by atoms with Gasteiger partial charge in [-0.25, -0.2) is 0 Å². The van der Waals surface area contributed by atoms with Crippen LogP contribution in [-0.4, -0.2) is 60.1 Å². The Morgan fingerprint density at radius 1 is 1.26 bits per heavy atom. The Balaban J connectivity index is 1.42. The van der Waals surface area contributed by atoms with Crippen molar-refractivity contribution in [1.82, 2.24) is 14.5 Å². The summed E-state index contributed by atoms with van der Waals surface area (Å²) in [5.74, 6) is -0.896. The minimum Gasteiger partial charge on any atom is -0.358 e. The smallest absolute Gasteiger partial charge is 0.264 e. The molecule has 0 bridgehead atoms. The number of carbonyl (C=O) groups is 2. The minimum atomic E-state index is -3.61. The van der Waals surface area contributed by atoms with Crippen molar-refractivity contribution in [2.45, 2.75) is 37.8 Å². The number of nitrogens with one attached hydrogen (secondary N) is 2. The molecule has 1 saturated carbocycles. The molecule has 186 valence electrons. The molecule has 5 rings (SSSR count). The third-order valence-electron chi connectivity index (χ3n) is 6.73. The van der Waals surface area contributed by atoms with Crippen molar-refractivity contribution in [2.75, 3.05) is 23.5 Å². The van der Waals surface area contributed by atoms with Gasteiger partial charge in [-0.15, -0.1) is 0 Å². The summed E-state index contributed by atoms with van der Waals surface area (Å²) in [6, 6.07) is 7.10. The lowest BCUT2D eigenvalue weighted by atomic mass is 9.91. The Kier molecular flexibility index (Phi) is 5.89. The van der Waals surface area contributed by atoms with Gasteiger partial charge in [-0.3, -0.25) is 18.7 Å². The van der Waals surface area contributed by atoms with Gasteiger partial charge < -0.3 is 14.9 Å². The van der Waals surface area contributed by atoms with E-state index in [2.05, 4.69) is 15.3 Å². The summed E-state index contributed by atoms with van der Waals surface area (Å²) in [6.45, 7) is 0. The molecule has 1 aromatic carbocycles. The number of ketones is 1. The first kappa shape index (κ1) is 23.8. The number of imidazole rings is 1. The van der Waals surface area contributed by atoms with E-state index in [0.717, 1.165) is 29.3 Å². The summed E-state index contributed by atoms with van der Waals surface area (Å²) in [5, 5.41) is 4.67. The van der Waals surface area contributed by atoms with Crippen LogP contribution in [0.1, 0.15) is 35.4 Å². The SMILES string of the molecule is CN1C(=O)C(Cc2cc3c(Cl)cccc3[nH]2)C(=O)c2c1nc(N[C@@H]1CCC[C@H]1OS(C)(=O)=O)n2C. The highest BCUT2D eigenvalue weighted by Gasteiger charge is 2.42. The van der Waals surface area contributed by atoms with Crippen molar-refractivity contribution in [3.05, 3.63) is 40.7 Å². The number of halogens is 1. The normalized spacial score (nSPS) is 22.7. The van der Waals surface area contributed by atoms with Gasteiger partial charge in [0.2, 0.25) is 11.9 Å². The van der Waals surface area contributed by atoms with Crippen LogP contribution in [0.15, 0.2) is 24.3 Å². The van der Waals surface area contributed by atoms with E-state index in [1.807, 2.05) is 18.2 Å². The van der Waals surface area contributed by atoms with Crippen LogP contribution < -0.4 is 10.2 Å². The molecule has 3 aromatic rings. The summed E-state index contributed by atoms with van der Waals surface area (Å²) < 4.78 is 30.1. The number of benzene rings is 1. The molecule has 2 aliphatic rings. The second-order valence-corrected chi connectivity index (χ2v) is 11.2. The van der Waals surface area contributed by atoms with Gasteiger partial charge in [-0.2, -0.15) is 13.4 Å². The number of anilines is 2. The zero-order valence-corrected chi connectivity index (χ0v) is 21.1. The maximum atomic E-state index is 13.5. The molecular weight excluding hydrogens is 494 g/mol. The van der Waals surface area contributed by atoms with Crippen molar-refractivity contribution in [2.24, 2.45) is 13.0 Å². The predicted molar refractivity (Wildman–Crippen MR) is 132 cm³/mol. The lowest BCUT2D eigenvalue weighted by Gasteiger charge is -2.27. The molecular formula is C23H26ClN5O5S. The Morgan fingerprint density at radius 2 is 2.03 bits per heavy atom. The van der Waals surface area contributed by atoms with Gasteiger partial charge in [0.15, 0.2) is 11.6 Å². The number of rotatable bonds is 6. The number of fused-ring (bicyclic) bond motifs is 2. The molecule has 1 fully saturated rings. The number of H-pyrrole nitrogens is 1. The number of Topliss-reactive ketones (excluding diaryl/α,β-unsaturated/α-hetero) is 1. The van der Waals surface area contributed by atoms with Crippen LogP contribution in [-0.2, 0) is 32.6 Å². The van der Waals surface area contributed by atoms with Crippen LogP contribution in [0, 0.1) is 5.92 Å². The molecule has 1 aliphatic carbocycles. The molecule has 0 saturated heterocycles. The zero-order chi connectivity index (χ0) is 25.1. The van der Waals surface area contributed by atoms with Crippen LogP contribution >= 0.6 is 11.6 Å². The van der Waals surface area contributed by atoms with E-state index in [0.29, 0.717) is 29.5 Å². The number of carbonyl (C=O) groups excluding carboxylic acids is 2. The Bertz CT molecular complexity index is 1450. The zero-order valence-electron chi connectivity index (χ0n) is 19.5. The van der Waals surface area contributed by atoms with Gasteiger partial charge in [-0.1, -0.05) is 17.7 Å². The number of hydrogen-bond acceptors (Lipinski definition) is 7. The van der Waals surface area contributed by atoms with Crippen molar-refractivity contribution in [3.8, 4) is 0 Å². The second-order valence-electron chi connectivity index (χ2n) is 9.20. The number of nitrogens with zero attached hydrogens (tertiary/aromatic N) is 3. The highest BCUT2D eigenvalue weighted by Crippen LogP contribution is 2.35. The third-order valence-corrected chi connectivity index (χ3v) is 7.66. The largest absolute Gasteiger partial charge is 0.358 e. The summed E-state index contributed by atoms with van der Waals surface area (Å²) in [4.78, 5) is 35.8. The van der Waals surface area contributed by atoms with Gasteiger partial charge in [0.05, 0.1) is 18.4 Å². The number of aromatic amines is 1. The van der Waals surface area contributed by atoms with Gasteiger partial charge in [0.25, 0.3) is 10.1 Å². The number of amides is 1. The summed E-state index contributed by atoms with van der Waals surface area (Å²) in [7, 11) is -0.298. The standard InChI is InChI=1S/C23H26ClN5O5S/c1-28-19-20(30)14(11-12-10-13-15(24)6-4-7-16(13)25-12)22(31)29(2)21(19)27-23(28)26-17-8-5-9-18(17)34-35(3,32)33/h4,6-7,10,14,17-18,25H,5,8-9,11H2,1-3H3,(H,26,27)/t14?,17-,18-/m1/s1. The second kappa shape index (κ2) is 8.65. The van der Waals surface area contributed by atoms with Crippen LogP contribution in [0.2, 0.25) is 5.02 Å². The van der Waals surface area contributed by atoms with E-state index in [1.165, 1.54) is 4.90 Å². The van der Waals surface area contributed by atoms with Crippen molar-refractivity contribution in [1.29, 1.82) is 0 Å². The molecule has 1 unspecified atom stereocenters. The maximum Gasteiger partial charge on any atom is 0.264 e. The van der Waals surface area contributed by atoms with Gasteiger partial charge in [0.1, 0.15) is 11.6 Å². The Hall–Kier alpha value is -2.89. The van der Waals surface area contributed by atoms with E-state index in [9.17, 15) is 18.0 Å². The average molecular weight is 520 g/mol. The summed E-state index contributed by atoms with van der Waals surface area (Å²) >= 11 is 6.28. The van der Waals surface area contributed by atoms with Crippen molar-refractivity contribution in [3.63, 3.8) is 0 Å². The lowest BCUT2D eigenvalue weighted by Crippen LogP contribution is -2.44. The predicted octanol–water partition coefficient (Wildman–Crippen LogP) is 2.88. The first-order valence-electron chi connectivity index (χ1n) is 11.3. The fraction of sp³-hybridized carbons (Fsp3) is 0.435. The van der Waals surface area contributed by atoms with E-state index in [4.69, 9.17) is 15.8 Å². The number of hydrogen-bond donors (Lipinski definition) is 2. The van der Waals surface area contributed by atoms with E-state index in [1.54, 1.807) is 24.7 Å². The molecule has 2 N–H and O–H groups in total. The highest BCUT2D eigenvalue weighted by molar-refractivity contribution is 7.86. The van der Waals surface area contributed by atoms with Crippen molar-refractivity contribution >= 4 is 56.1 Å². The average Bonchev–Trinajstić information content (AvgIpc) is 3.48. The molecule has 2 aromatic heterocycles. The topological polar surface area (TPSA) is 126 Å². The molecule has 35 heavy (non-hydrogen) atoms. The summed E-state index contributed by atoms with van der Waals surface area (Å²) in [6.07, 6.45) is 2.82. The fourth-order valence-electron chi connectivity index (χ4n) is 5.02. The van der Waals surface area contributed by atoms with Crippen LogP contribution in [0.4, 0.5) is 11.8 Å². The van der Waals surface area contributed by atoms with Crippen LogP contribution in [0.3, 0.4) is 0 Å². The monoisotopic (exact) mass is 519 g/mol. The first-order valence-corrected chi connectivity index (χ1v) is 13.5. The highest BCUT2D eigenvalue weighted by atomic mass is 35.5. The molecule has 1 amide bonds. The summed E-state index contributed by atoms with van der Waals surface area (Å²) in [5.41, 5.74) is 1.91. The van der Waals surface area contributed by atoms with E-state index in [-0.39, 0.29) is 30.0 Å². The fourth-order valence-corrected chi connectivity index (χ4v) is 5.93. The molecule has 3 atom stereocenters. The first-order chi connectivity index (χ1) is 16.5. The van der Waals surface area contributed by atoms with E-state index >= 15 is 0 Å². The third kappa shape index (κ3) is 4.32. The molecule has 3 heterocycles. The molecule has 0 spiro atoms. The van der Waals surface area contributed by atoms with Gasteiger partial charge >= 0.3 is 0 Å². The lowest BCUT2D eigenvalue weighted by molar-refractivity contribution is -0.121. The van der Waals surface area contributed by atoms with Gasteiger partial charge in [0, 0.05) is 42.1 Å². The number of aromatic nitrogens is 3. The molecule has 0 radical (unpaired) electrons. The van der Waals surface area contributed by atoms with E-state index < -0.39 is 22.1 Å². The molecule has 10 nitrogen and oxygen atoms in total. The Morgan fingerprint density at radius 3 is 2.74 bits per heavy atom.